The van der Waals surface area contributed by atoms with Crippen LogP contribution in [0.5, 0.6) is 5.75 Å². The summed E-state index contributed by atoms with van der Waals surface area (Å²) in [5, 5.41) is 12.8. The molecule has 0 spiro atoms. The highest BCUT2D eigenvalue weighted by Crippen LogP contribution is 2.29. The van der Waals surface area contributed by atoms with Crippen molar-refractivity contribution in [3.8, 4) is 5.75 Å². The van der Waals surface area contributed by atoms with Crippen LogP contribution in [0.4, 0.5) is 5.69 Å². The predicted octanol–water partition coefficient (Wildman–Crippen LogP) is 3.49. The monoisotopic (exact) mass is 292 g/mol. The quantitative estimate of drug-likeness (QED) is 0.642. The van der Waals surface area contributed by atoms with Gasteiger partial charge in [0.25, 0.3) is 0 Å². The van der Waals surface area contributed by atoms with Gasteiger partial charge >= 0.3 is 0 Å². The molecule has 21 heavy (non-hydrogen) atoms. The molecule has 1 rings (SSSR count). The van der Waals surface area contributed by atoms with E-state index in [0.29, 0.717) is 24.6 Å². The molecular formula is C17H28N2O2. The normalized spacial score (nSPS) is 12.2. The number of carbonyl (C=O) groups is 1. The van der Waals surface area contributed by atoms with E-state index in [2.05, 4.69) is 12.2 Å². The average Bonchev–Trinajstić information content (AvgIpc) is 2.42. The van der Waals surface area contributed by atoms with E-state index < -0.39 is 0 Å². The van der Waals surface area contributed by atoms with Crippen LogP contribution in [0.15, 0.2) is 12.1 Å². The molecule has 0 heterocycles. The van der Waals surface area contributed by atoms with Gasteiger partial charge in [0, 0.05) is 6.42 Å². The number of rotatable bonds is 8. The van der Waals surface area contributed by atoms with Crippen LogP contribution in [-0.4, -0.2) is 17.6 Å². The molecule has 0 fully saturated rings. The van der Waals surface area contributed by atoms with Crippen LogP contribution in [0, 0.1) is 19.8 Å². The first-order valence-electron chi connectivity index (χ1n) is 7.78. The Morgan fingerprint density at radius 1 is 1.29 bits per heavy atom. The zero-order valence-electron chi connectivity index (χ0n) is 13.4. The number of amides is 1. The van der Waals surface area contributed by atoms with Crippen LogP contribution in [-0.2, 0) is 4.79 Å². The van der Waals surface area contributed by atoms with Crippen molar-refractivity contribution < 1.29 is 9.90 Å². The molecule has 4 heteroatoms. The van der Waals surface area contributed by atoms with Crippen LogP contribution in [0.3, 0.4) is 0 Å². The number of phenolic OH excluding ortho intramolecular Hbond substituents is 1. The topological polar surface area (TPSA) is 75.4 Å². The minimum Gasteiger partial charge on any atom is -0.505 e. The Labute approximate surface area is 127 Å². The van der Waals surface area contributed by atoms with Crippen LogP contribution in [0.25, 0.3) is 0 Å². The maximum Gasteiger partial charge on any atom is 0.224 e. The van der Waals surface area contributed by atoms with Crippen LogP contribution < -0.4 is 11.1 Å². The van der Waals surface area contributed by atoms with Crippen molar-refractivity contribution >= 4 is 11.6 Å². The highest BCUT2D eigenvalue weighted by molar-refractivity contribution is 5.92. The van der Waals surface area contributed by atoms with Crippen molar-refractivity contribution in [2.75, 3.05) is 11.9 Å². The van der Waals surface area contributed by atoms with Crippen LogP contribution in [0.2, 0.25) is 0 Å². The summed E-state index contributed by atoms with van der Waals surface area (Å²) in [6.45, 7) is 6.60. The molecule has 0 saturated carbocycles. The van der Waals surface area contributed by atoms with Gasteiger partial charge in [-0.3, -0.25) is 4.79 Å². The first kappa shape index (κ1) is 17.5. The van der Waals surface area contributed by atoms with Gasteiger partial charge in [-0.1, -0.05) is 25.8 Å². The Kier molecular flexibility index (Phi) is 7.23. The number of hydrogen-bond donors (Lipinski definition) is 3. The molecule has 0 aromatic heterocycles. The van der Waals surface area contributed by atoms with Gasteiger partial charge in [-0.15, -0.1) is 0 Å². The van der Waals surface area contributed by atoms with Gasteiger partial charge < -0.3 is 16.2 Å². The Morgan fingerprint density at radius 3 is 2.62 bits per heavy atom. The van der Waals surface area contributed by atoms with E-state index in [1.807, 2.05) is 19.9 Å². The molecule has 0 radical (unpaired) electrons. The fourth-order valence-corrected chi connectivity index (χ4v) is 2.68. The predicted molar refractivity (Wildman–Crippen MR) is 87.5 cm³/mol. The van der Waals surface area contributed by atoms with E-state index in [4.69, 9.17) is 5.73 Å². The Bertz CT molecular complexity index is 466. The largest absolute Gasteiger partial charge is 0.505 e. The molecule has 1 aromatic carbocycles. The maximum atomic E-state index is 12.0. The summed E-state index contributed by atoms with van der Waals surface area (Å²) in [6.07, 6.45) is 4.51. The molecule has 4 nitrogen and oxygen atoms in total. The van der Waals surface area contributed by atoms with Crippen molar-refractivity contribution in [2.45, 2.75) is 52.9 Å². The van der Waals surface area contributed by atoms with E-state index >= 15 is 0 Å². The van der Waals surface area contributed by atoms with Crippen molar-refractivity contribution in [1.29, 1.82) is 0 Å². The number of benzene rings is 1. The summed E-state index contributed by atoms with van der Waals surface area (Å²) in [5.74, 6) is 0.619. The lowest BCUT2D eigenvalue weighted by Gasteiger charge is -2.15. The van der Waals surface area contributed by atoms with E-state index in [1.54, 1.807) is 6.07 Å². The van der Waals surface area contributed by atoms with Gasteiger partial charge in [0.05, 0.1) is 5.69 Å². The fraction of sp³-hybridized carbons (Fsp3) is 0.588. The van der Waals surface area contributed by atoms with Crippen molar-refractivity contribution in [3.05, 3.63) is 23.3 Å². The summed E-state index contributed by atoms with van der Waals surface area (Å²) in [6, 6.07) is 3.69. The second-order valence-electron chi connectivity index (χ2n) is 5.80. The minimum absolute atomic E-state index is 0.0478. The zero-order chi connectivity index (χ0) is 15.8. The van der Waals surface area contributed by atoms with E-state index in [-0.39, 0.29) is 11.7 Å². The van der Waals surface area contributed by atoms with Gasteiger partial charge in [0.15, 0.2) is 0 Å². The Hall–Kier alpha value is -1.55. The third-order valence-electron chi connectivity index (χ3n) is 3.77. The highest BCUT2D eigenvalue weighted by Gasteiger charge is 2.12. The molecule has 1 unspecified atom stereocenters. The van der Waals surface area contributed by atoms with Crippen molar-refractivity contribution in [2.24, 2.45) is 11.7 Å². The summed E-state index contributed by atoms with van der Waals surface area (Å²) >= 11 is 0. The number of carbonyl (C=O) groups excluding carboxylic acids is 1. The molecular weight excluding hydrogens is 264 g/mol. The SMILES string of the molecule is CCCC(CCN)CCC(=O)Nc1cc(C)cc(C)c1O. The van der Waals surface area contributed by atoms with Crippen LogP contribution >= 0.6 is 0 Å². The Morgan fingerprint density at radius 2 is 2.00 bits per heavy atom. The third kappa shape index (κ3) is 5.76. The van der Waals surface area contributed by atoms with Crippen LogP contribution in [0.1, 0.15) is 50.2 Å². The second kappa shape index (κ2) is 8.67. The molecule has 1 amide bonds. The van der Waals surface area contributed by atoms with Crippen molar-refractivity contribution in [1.82, 2.24) is 0 Å². The first-order chi connectivity index (χ1) is 9.97. The van der Waals surface area contributed by atoms with E-state index in [1.165, 1.54) is 0 Å². The third-order valence-corrected chi connectivity index (χ3v) is 3.77. The van der Waals surface area contributed by atoms with Crippen molar-refractivity contribution in [3.63, 3.8) is 0 Å². The lowest BCUT2D eigenvalue weighted by molar-refractivity contribution is -0.116. The number of hydrogen-bond acceptors (Lipinski definition) is 3. The number of phenols is 1. The standard InChI is InChI=1S/C17H28N2O2/c1-4-5-14(8-9-18)6-7-16(20)19-15-11-12(2)10-13(3)17(15)21/h10-11,14,21H,4-9,18H2,1-3H3,(H,19,20). The number of nitrogens with two attached hydrogens (primary N) is 1. The van der Waals surface area contributed by atoms with Gasteiger partial charge in [0.2, 0.25) is 5.91 Å². The summed E-state index contributed by atoms with van der Waals surface area (Å²) < 4.78 is 0. The van der Waals surface area contributed by atoms with Gasteiger partial charge in [-0.25, -0.2) is 0 Å². The van der Waals surface area contributed by atoms with Gasteiger partial charge in [0.1, 0.15) is 5.75 Å². The molecule has 1 atom stereocenters. The highest BCUT2D eigenvalue weighted by atomic mass is 16.3. The number of nitrogens with one attached hydrogen (secondary N) is 1. The van der Waals surface area contributed by atoms with Gasteiger partial charge in [-0.2, -0.15) is 0 Å². The summed E-state index contributed by atoms with van der Waals surface area (Å²) in [7, 11) is 0. The molecule has 0 saturated heterocycles. The number of anilines is 1. The van der Waals surface area contributed by atoms with Gasteiger partial charge in [-0.05, 0) is 56.3 Å². The molecule has 118 valence electrons. The summed E-state index contributed by atoms with van der Waals surface area (Å²) in [4.78, 5) is 12.0. The average molecular weight is 292 g/mol. The van der Waals surface area contributed by atoms with E-state index in [9.17, 15) is 9.90 Å². The molecule has 4 N–H and O–H groups in total. The lowest BCUT2D eigenvalue weighted by atomic mass is 9.94. The molecule has 0 aliphatic rings. The Balaban J connectivity index is 2.57. The number of aryl methyl sites for hydroxylation is 2. The molecule has 1 aromatic rings. The smallest absolute Gasteiger partial charge is 0.224 e. The first-order valence-corrected chi connectivity index (χ1v) is 7.78. The summed E-state index contributed by atoms with van der Waals surface area (Å²) in [5.41, 5.74) is 7.91. The number of aromatic hydroxyl groups is 1. The fourth-order valence-electron chi connectivity index (χ4n) is 2.68. The second-order valence-corrected chi connectivity index (χ2v) is 5.80. The minimum atomic E-state index is -0.0478. The molecule has 0 bridgehead atoms. The lowest BCUT2D eigenvalue weighted by Crippen LogP contribution is -2.15. The van der Waals surface area contributed by atoms with E-state index in [0.717, 1.165) is 36.8 Å². The molecule has 0 aliphatic carbocycles. The molecule has 0 aliphatic heterocycles. The maximum absolute atomic E-state index is 12.0. The zero-order valence-corrected chi connectivity index (χ0v) is 13.4.